The van der Waals surface area contributed by atoms with E-state index in [9.17, 15) is 9.90 Å². The van der Waals surface area contributed by atoms with Crippen LogP contribution in [0.5, 0.6) is 0 Å². The molecule has 0 spiro atoms. The van der Waals surface area contributed by atoms with E-state index in [0.717, 1.165) is 22.9 Å². The van der Waals surface area contributed by atoms with E-state index >= 15 is 0 Å². The Morgan fingerprint density at radius 1 is 1.50 bits per heavy atom. The predicted molar refractivity (Wildman–Crippen MR) is 83.5 cm³/mol. The highest BCUT2D eigenvalue weighted by Crippen LogP contribution is 2.33. The van der Waals surface area contributed by atoms with Crippen molar-refractivity contribution in [2.45, 2.75) is 38.2 Å². The number of halogens is 1. The molecule has 1 aliphatic rings. The van der Waals surface area contributed by atoms with Crippen LogP contribution in [0.2, 0.25) is 0 Å². The first kappa shape index (κ1) is 15.5. The van der Waals surface area contributed by atoms with Gasteiger partial charge in [0.1, 0.15) is 0 Å². The molecule has 0 radical (unpaired) electrons. The Morgan fingerprint density at radius 2 is 2.15 bits per heavy atom. The first-order valence-corrected chi connectivity index (χ1v) is 7.81. The lowest BCUT2D eigenvalue weighted by Crippen LogP contribution is -2.44. The van der Waals surface area contributed by atoms with Gasteiger partial charge in [-0.1, -0.05) is 28.1 Å². The van der Waals surface area contributed by atoms with Crippen molar-refractivity contribution < 1.29 is 9.90 Å². The number of benzene rings is 1. The summed E-state index contributed by atoms with van der Waals surface area (Å²) in [6.07, 6.45) is 1.78. The number of amides is 1. The van der Waals surface area contributed by atoms with Gasteiger partial charge in [0.05, 0.1) is 11.5 Å². The molecular weight excluding hydrogens is 318 g/mol. The Balaban J connectivity index is 2.09. The number of aliphatic hydroxyl groups is 1. The predicted octanol–water partition coefficient (Wildman–Crippen LogP) is 2.96. The second kappa shape index (κ2) is 5.86. The summed E-state index contributed by atoms with van der Waals surface area (Å²) in [6.45, 7) is 4.27. The molecule has 2 rings (SSSR count). The fourth-order valence-electron chi connectivity index (χ4n) is 2.47. The fraction of sp³-hybridized carbons (Fsp3) is 0.562. The normalized spacial score (nSPS) is 16.9. The largest absolute Gasteiger partial charge is 0.391 e. The number of aliphatic hydroxyl groups excluding tert-OH is 1. The van der Waals surface area contributed by atoms with Gasteiger partial charge in [-0.25, -0.2) is 0 Å². The molecule has 1 aliphatic carbocycles. The highest BCUT2D eigenvalue weighted by molar-refractivity contribution is 9.10. The van der Waals surface area contributed by atoms with Crippen LogP contribution in [0.4, 0.5) is 0 Å². The van der Waals surface area contributed by atoms with Gasteiger partial charge in [-0.05, 0) is 50.3 Å². The Morgan fingerprint density at radius 3 is 2.70 bits per heavy atom. The molecule has 4 heteroatoms. The zero-order valence-corrected chi connectivity index (χ0v) is 13.9. The first-order chi connectivity index (χ1) is 9.32. The van der Waals surface area contributed by atoms with Crippen LogP contribution in [0.1, 0.15) is 32.3 Å². The summed E-state index contributed by atoms with van der Waals surface area (Å²) in [5, 5.41) is 9.99. The summed E-state index contributed by atoms with van der Waals surface area (Å²) in [7, 11) is 1.77. The summed E-state index contributed by atoms with van der Waals surface area (Å²) >= 11 is 3.44. The number of rotatable bonds is 5. The van der Waals surface area contributed by atoms with E-state index in [0.29, 0.717) is 12.5 Å². The molecule has 1 aromatic rings. The van der Waals surface area contributed by atoms with Crippen molar-refractivity contribution in [1.29, 1.82) is 0 Å². The molecule has 20 heavy (non-hydrogen) atoms. The SMILES string of the molecule is CN(CC(O)C1CC1)C(=O)C(C)(C)c1cccc(Br)c1. The maximum Gasteiger partial charge on any atom is 0.232 e. The maximum absolute atomic E-state index is 12.7. The van der Waals surface area contributed by atoms with E-state index in [-0.39, 0.29) is 12.0 Å². The Kier molecular flexibility index (Phi) is 4.55. The summed E-state index contributed by atoms with van der Waals surface area (Å²) in [5.74, 6) is 0.425. The topological polar surface area (TPSA) is 40.5 Å². The third-order valence-corrected chi connectivity index (χ3v) is 4.55. The van der Waals surface area contributed by atoms with Gasteiger partial charge in [0.25, 0.3) is 0 Å². The Hall–Kier alpha value is -0.870. The van der Waals surface area contributed by atoms with E-state index < -0.39 is 5.41 Å². The summed E-state index contributed by atoms with van der Waals surface area (Å²) < 4.78 is 0.969. The lowest BCUT2D eigenvalue weighted by Gasteiger charge is -2.31. The van der Waals surface area contributed by atoms with Crippen LogP contribution in [-0.2, 0) is 10.2 Å². The average molecular weight is 340 g/mol. The smallest absolute Gasteiger partial charge is 0.232 e. The Labute approximate surface area is 129 Å². The summed E-state index contributed by atoms with van der Waals surface area (Å²) in [5.41, 5.74) is 0.381. The van der Waals surface area contributed by atoms with Gasteiger partial charge in [0.15, 0.2) is 0 Å². The zero-order chi connectivity index (χ0) is 14.9. The summed E-state index contributed by atoms with van der Waals surface area (Å²) in [6, 6.07) is 7.83. The summed E-state index contributed by atoms with van der Waals surface area (Å²) in [4.78, 5) is 14.3. The minimum atomic E-state index is -0.595. The highest BCUT2D eigenvalue weighted by Gasteiger charge is 2.36. The molecule has 0 aliphatic heterocycles. The molecule has 1 atom stereocenters. The number of likely N-dealkylation sites (N-methyl/N-ethyl adjacent to an activating group) is 1. The van der Waals surface area contributed by atoms with Crippen molar-refractivity contribution in [2.75, 3.05) is 13.6 Å². The highest BCUT2D eigenvalue weighted by atomic mass is 79.9. The molecule has 110 valence electrons. The molecule has 0 heterocycles. The molecule has 1 unspecified atom stereocenters. The van der Waals surface area contributed by atoms with Gasteiger partial charge in [-0.15, -0.1) is 0 Å². The number of hydrogen-bond acceptors (Lipinski definition) is 2. The number of carbonyl (C=O) groups excluding carboxylic acids is 1. The van der Waals surface area contributed by atoms with Gasteiger partial charge in [0, 0.05) is 18.1 Å². The van der Waals surface area contributed by atoms with Crippen molar-refractivity contribution in [1.82, 2.24) is 4.90 Å². The zero-order valence-electron chi connectivity index (χ0n) is 12.3. The van der Waals surface area contributed by atoms with Crippen LogP contribution in [0.3, 0.4) is 0 Å². The van der Waals surface area contributed by atoms with Gasteiger partial charge < -0.3 is 10.0 Å². The van der Waals surface area contributed by atoms with Crippen LogP contribution in [0.25, 0.3) is 0 Å². The molecule has 3 nitrogen and oxygen atoms in total. The molecule has 0 bridgehead atoms. The monoisotopic (exact) mass is 339 g/mol. The molecular formula is C16H22BrNO2. The van der Waals surface area contributed by atoms with Crippen molar-refractivity contribution in [2.24, 2.45) is 5.92 Å². The van der Waals surface area contributed by atoms with Crippen LogP contribution < -0.4 is 0 Å². The standard InChI is InChI=1S/C16H22BrNO2/c1-16(2,12-5-4-6-13(17)9-12)15(20)18(3)10-14(19)11-7-8-11/h4-6,9,11,14,19H,7-8,10H2,1-3H3. The third kappa shape index (κ3) is 3.41. The minimum absolute atomic E-state index is 0.0373. The van der Waals surface area contributed by atoms with Gasteiger partial charge in [0.2, 0.25) is 5.91 Å². The number of carbonyl (C=O) groups is 1. The molecule has 0 saturated heterocycles. The average Bonchev–Trinajstić information content (AvgIpc) is 3.21. The Bertz CT molecular complexity index is 497. The van der Waals surface area contributed by atoms with Crippen LogP contribution in [0, 0.1) is 5.92 Å². The van der Waals surface area contributed by atoms with Crippen molar-refractivity contribution >= 4 is 21.8 Å². The van der Waals surface area contributed by atoms with Crippen molar-refractivity contribution in [3.63, 3.8) is 0 Å². The van der Waals surface area contributed by atoms with Gasteiger partial charge in [-0.3, -0.25) is 4.79 Å². The van der Waals surface area contributed by atoms with E-state index in [1.165, 1.54) is 0 Å². The fourth-order valence-corrected chi connectivity index (χ4v) is 2.87. The molecule has 1 amide bonds. The first-order valence-electron chi connectivity index (χ1n) is 7.02. The quantitative estimate of drug-likeness (QED) is 0.895. The second-order valence-electron chi connectivity index (χ2n) is 6.23. The van der Waals surface area contributed by atoms with Crippen molar-refractivity contribution in [3.8, 4) is 0 Å². The lowest BCUT2D eigenvalue weighted by atomic mass is 9.83. The van der Waals surface area contributed by atoms with Crippen LogP contribution in [-0.4, -0.2) is 35.6 Å². The van der Waals surface area contributed by atoms with E-state index in [1.54, 1.807) is 11.9 Å². The van der Waals surface area contributed by atoms with Crippen LogP contribution in [0.15, 0.2) is 28.7 Å². The molecule has 0 aromatic heterocycles. The van der Waals surface area contributed by atoms with E-state index in [4.69, 9.17) is 0 Å². The van der Waals surface area contributed by atoms with Crippen molar-refractivity contribution in [3.05, 3.63) is 34.3 Å². The lowest BCUT2D eigenvalue weighted by molar-refractivity contribution is -0.136. The van der Waals surface area contributed by atoms with E-state index in [2.05, 4.69) is 15.9 Å². The molecule has 1 saturated carbocycles. The maximum atomic E-state index is 12.7. The van der Waals surface area contributed by atoms with Gasteiger partial charge in [-0.2, -0.15) is 0 Å². The van der Waals surface area contributed by atoms with Crippen LogP contribution >= 0.6 is 15.9 Å². The molecule has 1 N–H and O–H groups in total. The van der Waals surface area contributed by atoms with Gasteiger partial charge >= 0.3 is 0 Å². The van der Waals surface area contributed by atoms with E-state index in [1.807, 2.05) is 38.1 Å². The third-order valence-electron chi connectivity index (χ3n) is 4.05. The molecule has 1 aromatic carbocycles. The number of nitrogens with zero attached hydrogens (tertiary/aromatic N) is 1. The number of hydrogen-bond donors (Lipinski definition) is 1. The second-order valence-corrected chi connectivity index (χ2v) is 7.14. The molecule has 1 fully saturated rings. The minimum Gasteiger partial charge on any atom is -0.391 e.